The average Bonchev–Trinajstić information content (AvgIpc) is 2.63. The number of hydrogen-bond donors (Lipinski definition) is 1. The normalized spacial score (nSPS) is 10.3. The van der Waals surface area contributed by atoms with Crippen LogP contribution in [0.1, 0.15) is 24.5 Å². The minimum atomic E-state index is -0.255. The summed E-state index contributed by atoms with van der Waals surface area (Å²) in [6.07, 6.45) is 0.559. The first-order valence-corrected chi connectivity index (χ1v) is 8.80. The predicted octanol–water partition coefficient (Wildman–Crippen LogP) is 3.11. The summed E-state index contributed by atoms with van der Waals surface area (Å²) in [5, 5.41) is 2.81. The second-order valence-corrected chi connectivity index (χ2v) is 6.10. The van der Waals surface area contributed by atoms with E-state index in [0.29, 0.717) is 19.5 Å². The molecule has 5 heteroatoms. The van der Waals surface area contributed by atoms with Crippen LogP contribution in [-0.4, -0.2) is 32.0 Å². The van der Waals surface area contributed by atoms with Gasteiger partial charge in [0.2, 0.25) is 11.8 Å². The number of amides is 2. The minimum absolute atomic E-state index is 0.148. The maximum Gasteiger partial charge on any atom is 0.236 e. The number of nitrogens with one attached hydrogen (secondary N) is 1. The largest absolute Gasteiger partial charge is 0.497 e. The van der Waals surface area contributed by atoms with Crippen LogP contribution in [0.5, 0.6) is 5.75 Å². The van der Waals surface area contributed by atoms with Gasteiger partial charge in [-0.1, -0.05) is 24.3 Å². The summed E-state index contributed by atoms with van der Waals surface area (Å²) in [4.78, 5) is 26.2. The van der Waals surface area contributed by atoms with Crippen LogP contribution >= 0.6 is 0 Å². The first-order chi connectivity index (χ1) is 12.5. The molecule has 2 aromatic rings. The smallest absolute Gasteiger partial charge is 0.236 e. The van der Waals surface area contributed by atoms with Gasteiger partial charge in [0.15, 0.2) is 0 Å². The molecule has 2 aromatic carbocycles. The van der Waals surface area contributed by atoms with Crippen LogP contribution in [0.15, 0.2) is 48.5 Å². The summed E-state index contributed by atoms with van der Waals surface area (Å²) in [6, 6.07) is 15.4. The molecule has 2 amide bonds. The lowest BCUT2D eigenvalue weighted by Gasteiger charge is -2.21. The summed E-state index contributed by atoms with van der Waals surface area (Å²) >= 11 is 0. The fourth-order valence-corrected chi connectivity index (χ4v) is 2.73. The van der Waals surface area contributed by atoms with Crippen LogP contribution < -0.4 is 15.0 Å². The molecule has 2 rings (SSSR count). The van der Waals surface area contributed by atoms with Crippen LogP contribution in [0.3, 0.4) is 0 Å². The highest BCUT2D eigenvalue weighted by Gasteiger charge is 2.17. The van der Waals surface area contributed by atoms with E-state index in [9.17, 15) is 9.59 Å². The summed E-state index contributed by atoms with van der Waals surface area (Å²) in [6.45, 7) is 4.91. The van der Waals surface area contributed by atoms with E-state index in [-0.39, 0.29) is 18.2 Å². The van der Waals surface area contributed by atoms with Gasteiger partial charge in [0.1, 0.15) is 12.2 Å². The van der Waals surface area contributed by atoms with Crippen molar-refractivity contribution in [3.63, 3.8) is 0 Å². The van der Waals surface area contributed by atoms with Crippen molar-refractivity contribution < 1.29 is 14.3 Å². The molecular formula is C21H26N2O3. The Hall–Kier alpha value is -2.82. The fraction of sp³-hybridized carbons (Fsp3) is 0.333. The van der Waals surface area contributed by atoms with E-state index in [0.717, 1.165) is 22.6 Å². The number of nitrogens with zero attached hydrogens (tertiary/aromatic N) is 1. The lowest BCUT2D eigenvalue weighted by Crippen LogP contribution is -2.36. The van der Waals surface area contributed by atoms with E-state index >= 15 is 0 Å². The maximum absolute atomic E-state index is 12.5. The van der Waals surface area contributed by atoms with Gasteiger partial charge in [-0.05, 0) is 55.7 Å². The SMILES string of the molecule is CCN(C(=O)CC(=O)NCCc1ccc(OC)cc1)c1cccc(C)c1. The Morgan fingerprint density at radius 1 is 1.12 bits per heavy atom. The van der Waals surface area contributed by atoms with Gasteiger partial charge < -0.3 is 15.0 Å². The van der Waals surface area contributed by atoms with Crippen LogP contribution in [0, 0.1) is 6.92 Å². The lowest BCUT2D eigenvalue weighted by molar-refractivity contribution is -0.127. The van der Waals surface area contributed by atoms with Gasteiger partial charge in [0.25, 0.3) is 0 Å². The van der Waals surface area contributed by atoms with Crippen LogP contribution in [0.25, 0.3) is 0 Å². The third kappa shape index (κ3) is 5.62. The number of carbonyl (C=O) groups excluding carboxylic acids is 2. The van der Waals surface area contributed by atoms with Gasteiger partial charge in [0, 0.05) is 18.8 Å². The van der Waals surface area contributed by atoms with Crippen molar-refractivity contribution in [1.29, 1.82) is 0 Å². The molecule has 0 saturated carbocycles. The molecule has 0 radical (unpaired) electrons. The summed E-state index contributed by atoms with van der Waals surface area (Å²) in [5.74, 6) is 0.355. The van der Waals surface area contributed by atoms with Gasteiger partial charge in [-0.2, -0.15) is 0 Å². The fourth-order valence-electron chi connectivity index (χ4n) is 2.73. The van der Waals surface area contributed by atoms with E-state index < -0.39 is 0 Å². The molecule has 0 aliphatic rings. The van der Waals surface area contributed by atoms with Gasteiger partial charge >= 0.3 is 0 Å². The number of aryl methyl sites for hydroxylation is 1. The third-order valence-corrected chi connectivity index (χ3v) is 4.14. The van der Waals surface area contributed by atoms with Crippen molar-refractivity contribution in [3.8, 4) is 5.75 Å². The minimum Gasteiger partial charge on any atom is -0.497 e. The van der Waals surface area contributed by atoms with Gasteiger partial charge in [-0.25, -0.2) is 0 Å². The number of rotatable bonds is 8. The summed E-state index contributed by atoms with van der Waals surface area (Å²) in [7, 11) is 1.63. The van der Waals surface area contributed by atoms with Crippen molar-refractivity contribution in [2.75, 3.05) is 25.1 Å². The third-order valence-electron chi connectivity index (χ3n) is 4.14. The first kappa shape index (κ1) is 19.5. The highest BCUT2D eigenvalue weighted by Crippen LogP contribution is 2.16. The zero-order chi connectivity index (χ0) is 18.9. The number of methoxy groups -OCH3 is 1. The Kier molecular flexibility index (Phi) is 7.21. The van der Waals surface area contributed by atoms with Gasteiger partial charge in [-0.3, -0.25) is 9.59 Å². The van der Waals surface area contributed by atoms with E-state index in [4.69, 9.17) is 4.74 Å². The van der Waals surface area contributed by atoms with Crippen LogP contribution in [0.4, 0.5) is 5.69 Å². The molecule has 0 spiro atoms. The molecule has 1 N–H and O–H groups in total. The van der Waals surface area contributed by atoms with E-state index in [2.05, 4.69) is 5.32 Å². The highest BCUT2D eigenvalue weighted by atomic mass is 16.5. The number of benzene rings is 2. The molecule has 0 fully saturated rings. The molecule has 0 heterocycles. The Bertz CT molecular complexity index is 741. The number of ether oxygens (including phenoxy) is 1. The number of anilines is 1. The number of carbonyl (C=O) groups is 2. The second-order valence-electron chi connectivity index (χ2n) is 6.10. The number of hydrogen-bond acceptors (Lipinski definition) is 3. The van der Waals surface area contributed by atoms with Crippen LogP contribution in [0.2, 0.25) is 0 Å². The lowest BCUT2D eigenvalue weighted by atomic mass is 10.1. The Balaban J connectivity index is 1.82. The molecule has 5 nitrogen and oxygen atoms in total. The van der Waals surface area contributed by atoms with Crippen molar-refractivity contribution in [2.45, 2.75) is 26.7 Å². The van der Waals surface area contributed by atoms with Crippen LogP contribution in [-0.2, 0) is 16.0 Å². The molecular weight excluding hydrogens is 328 g/mol. The molecule has 138 valence electrons. The van der Waals surface area contributed by atoms with Crippen molar-refractivity contribution >= 4 is 17.5 Å². The topological polar surface area (TPSA) is 58.6 Å². The first-order valence-electron chi connectivity index (χ1n) is 8.80. The molecule has 0 aliphatic carbocycles. The van der Waals surface area contributed by atoms with Crippen molar-refractivity contribution in [1.82, 2.24) is 5.32 Å². The molecule has 0 aliphatic heterocycles. The Morgan fingerprint density at radius 3 is 2.46 bits per heavy atom. The monoisotopic (exact) mass is 354 g/mol. The van der Waals surface area contributed by atoms with E-state index in [1.165, 1.54) is 0 Å². The predicted molar refractivity (Wildman–Crippen MR) is 104 cm³/mol. The maximum atomic E-state index is 12.5. The van der Waals surface area contributed by atoms with Gasteiger partial charge in [0.05, 0.1) is 7.11 Å². The molecule has 0 bridgehead atoms. The summed E-state index contributed by atoms with van der Waals surface area (Å²) < 4.78 is 5.12. The molecule has 0 saturated heterocycles. The highest BCUT2D eigenvalue weighted by molar-refractivity contribution is 6.04. The zero-order valence-corrected chi connectivity index (χ0v) is 15.6. The summed E-state index contributed by atoms with van der Waals surface area (Å²) in [5.41, 5.74) is 3.01. The van der Waals surface area contributed by atoms with Gasteiger partial charge in [-0.15, -0.1) is 0 Å². The van der Waals surface area contributed by atoms with Crippen molar-refractivity contribution in [2.24, 2.45) is 0 Å². The zero-order valence-electron chi connectivity index (χ0n) is 15.6. The van der Waals surface area contributed by atoms with E-state index in [1.54, 1.807) is 12.0 Å². The van der Waals surface area contributed by atoms with Crippen molar-refractivity contribution in [3.05, 3.63) is 59.7 Å². The molecule has 0 unspecified atom stereocenters. The Labute approximate surface area is 155 Å². The molecule has 26 heavy (non-hydrogen) atoms. The second kappa shape index (κ2) is 9.61. The van der Waals surface area contributed by atoms with E-state index in [1.807, 2.05) is 62.4 Å². The standard InChI is InChI=1S/C21H26N2O3/c1-4-23(18-7-5-6-16(2)14-18)21(25)15-20(24)22-13-12-17-8-10-19(26-3)11-9-17/h5-11,14H,4,12-13,15H2,1-3H3,(H,22,24). The molecule has 0 atom stereocenters. The molecule has 0 aromatic heterocycles. The Morgan fingerprint density at radius 2 is 1.85 bits per heavy atom. The quantitative estimate of drug-likeness (QED) is 0.741. The average molecular weight is 354 g/mol.